The Balaban J connectivity index is 2.18. The summed E-state index contributed by atoms with van der Waals surface area (Å²) in [6, 6.07) is 12.5. The van der Waals surface area contributed by atoms with Gasteiger partial charge in [-0.05, 0) is 32.4 Å². The molecule has 2 aromatic carbocycles. The quantitative estimate of drug-likeness (QED) is 0.852. The van der Waals surface area contributed by atoms with Gasteiger partial charge in [0.05, 0.1) is 11.5 Å². The van der Waals surface area contributed by atoms with E-state index in [1.165, 1.54) is 6.07 Å². The van der Waals surface area contributed by atoms with Gasteiger partial charge in [0.25, 0.3) is 0 Å². The molecule has 3 rings (SSSR count). The molecule has 0 spiro atoms. The zero-order valence-electron chi connectivity index (χ0n) is 14.5. The summed E-state index contributed by atoms with van der Waals surface area (Å²) < 4.78 is 33.0. The number of benzene rings is 2. The van der Waals surface area contributed by atoms with Crippen molar-refractivity contribution in [3.8, 4) is 0 Å². The van der Waals surface area contributed by atoms with E-state index in [1.807, 2.05) is 32.0 Å². The first-order valence-corrected chi connectivity index (χ1v) is 9.65. The summed E-state index contributed by atoms with van der Waals surface area (Å²) in [7, 11) is -3.77. The van der Waals surface area contributed by atoms with E-state index in [0.717, 1.165) is 16.7 Å². The van der Waals surface area contributed by atoms with Crippen molar-refractivity contribution < 1.29 is 17.9 Å². The minimum absolute atomic E-state index is 0.132. The van der Waals surface area contributed by atoms with E-state index in [2.05, 4.69) is 4.72 Å². The molecule has 1 N–H and O–H groups in total. The van der Waals surface area contributed by atoms with Crippen LogP contribution in [-0.4, -0.2) is 21.0 Å². The summed E-state index contributed by atoms with van der Waals surface area (Å²) in [6.07, 6.45) is 0.199. The Morgan fingerprint density at radius 2 is 1.76 bits per heavy atom. The smallest absolute Gasteiger partial charge is 0.332 e. The Morgan fingerprint density at radius 3 is 2.40 bits per heavy atom. The number of nitrogens with one attached hydrogen (secondary N) is 1. The molecule has 0 aromatic heterocycles. The predicted octanol–water partition coefficient (Wildman–Crippen LogP) is 2.60. The fourth-order valence-electron chi connectivity index (χ4n) is 3.48. The second-order valence-corrected chi connectivity index (χ2v) is 8.05. The lowest BCUT2D eigenvalue weighted by Crippen LogP contribution is -2.49. The van der Waals surface area contributed by atoms with Crippen molar-refractivity contribution in [3.05, 3.63) is 64.7 Å². The van der Waals surface area contributed by atoms with Crippen LogP contribution in [0.5, 0.6) is 0 Å². The Bertz CT molecular complexity index is 916. The summed E-state index contributed by atoms with van der Waals surface area (Å²) >= 11 is 0. The lowest BCUT2D eigenvalue weighted by molar-refractivity contribution is -0.150. The third kappa shape index (κ3) is 3.07. The van der Waals surface area contributed by atoms with Gasteiger partial charge in [0, 0.05) is 12.0 Å². The van der Waals surface area contributed by atoms with Gasteiger partial charge in [0.15, 0.2) is 5.54 Å². The maximum absolute atomic E-state index is 12.8. The monoisotopic (exact) mass is 359 g/mol. The first-order chi connectivity index (χ1) is 11.8. The number of fused-ring (bicyclic) bond motifs is 1. The molecule has 5 nitrogen and oxygen atoms in total. The van der Waals surface area contributed by atoms with Gasteiger partial charge in [-0.3, -0.25) is 0 Å². The van der Waals surface area contributed by atoms with E-state index in [9.17, 15) is 13.2 Å². The highest BCUT2D eigenvalue weighted by Crippen LogP contribution is 2.39. The van der Waals surface area contributed by atoms with Gasteiger partial charge in [0.2, 0.25) is 10.0 Å². The Morgan fingerprint density at radius 1 is 1.12 bits per heavy atom. The van der Waals surface area contributed by atoms with Crippen LogP contribution in [0, 0.1) is 13.8 Å². The molecular weight excluding hydrogens is 338 g/mol. The van der Waals surface area contributed by atoms with Crippen molar-refractivity contribution in [3.63, 3.8) is 0 Å². The van der Waals surface area contributed by atoms with Gasteiger partial charge in [-0.15, -0.1) is 0 Å². The number of sulfonamides is 1. The standard InChI is InChI=1S/C19H21NO4S/c1-4-24-18(21)19(12-15-10-13(2)9-14(3)11-15)16-7-5-6-8-17(16)25(22,23)20-19/h5-11,20H,4,12H2,1-3H3/t19-/m1/s1. The third-order valence-corrected chi connectivity index (χ3v) is 5.87. The second-order valence-electron chi connectivity index (χ2n) is 6.40. The van der Waals surface area contributed by atoms with Crippen LogP contribution in [0.15, 0.2) is 47.4 Å². The number of ether oxygens (including phenoxy) is 1. The second kappa shape index (κ2) is 6.28. The number of carbonyl (C=O) groups excluding carboxylic acids is 1. The van der Waals surface area contributed by atoms with E-state index < -0.39 is 21.5 Å². The fraction of sp³-hybridized carbons (Fsp3) is 0.316. The molecule has 0 saturated carbocycles. The first-order valence-electron chi connectivity index (χ1n) is 8.16. The van der Waals surface area contributed by atoms with Crippen molar-refractivity contribution in [2.45, 2.75) is 37.6 Å². The van der Waals surface area contributed by atoms with E-state index in [1.54, 1.807) is 25.1 Å². The molecule has 132 valence electrons. The van der Waals surface area contributed by atoms with Crippen LogP contribution in [0.2, 0.25) is 0 Å². The maximum Gasteiger partial charge on any atom is 0.332 e. The number of hydrogen-bond acceptors (Lipinski definition) is 4. The van der Waals surface area contributed by atoms with Crippen molar-refractivity contribution in [1.82, 2.24) is 4.72 Å². The molecule has 1 aliphatic rings. The summed E-state index contributed by atoms with van der Waals surface area (Å²) in [4.78, 5) is 13.0. The normalized spacial score (nSPS) is 20.9. The maximum atomic E-state index is 12.8. The predicted molar refractivity (Wildman–Crippen MR) is 94.7 cm³/mol. The molecule has 0 fully saturated rings. The number of hydrogen-bond donors (Lipinski definition) is 1. The highest BCUT2D eigenvalue weighted by molar-refractivity contribution is 7.90. The SMILES string of the molecule is CCOC(=O)[C@]1(Cc2cc(C)cc(C)c2)NS(=O)(=O)c2ccccc21. The molecule has 1 heterocycles. The lowest BCUT2D eigenvalue weighted by Gasteiger charge is -2.27. The van der Waals surface area contributed by atoms with Crippen LogP contribution in [0.4, 0.5) is 0 Å². The topological polar surface area (TPSA) is 72.5 Å². The molecule has 0 aliphatic carbocycles. The van der Waals surface area contributed by atoms with Crippen LogP contribution in [0.1, 0.15) is 29.2 Å². The Kier molecular flexibility index (Phi) is 4.43. The largest absolute Gasteiger partial charge is 0.464 e. The van der Waals surface area contributed by atoms with Gasteiger partial charge in [-0.2, -0.15) is 4.72 Å². The zero-order chi connectivity index (χ0) is 18.2. The molecule has 0 saturated heterocycles. The molecule has 0 unspecified atom stereocenters. The average Bonchev–Trinajstić information content (AvgIpc) is 2.76. The highest BCUT2D eigenvalue weighted by atomic mass is 32.2. The highest BCUT2D eigenvalue weighted by Gasteiger charge is 2.53. The first kappa shape index (κ1) is 17.6. The molecule has 1 atom stereocenters. The van der Waals surface area contributed by atoms with Gasteiger partial charge in [-0.1, -0.05) is 47.5 Å². The Hall–Kier alpha value is -2.18. The van der Waals surface area contributed by atoms with E-state index in [-0.39, 0.29) is 17.9 Å². The van der Waals surface area contributed by atoms with Crippen LogP contribution in [0.3, 0.4) is 0 Å². The molecule has 25 heavy (non-hydrogen) atoms. The minimum Gasteiger partial charge on any atom is -0.464 e. The van der Waals surface area contributed by atoms with Gasteiger partial charge in [0.1, 0.15) is 0 Å². The lowest BCUT2D eigenvalue weighted by atomic mass is 9.84. The van der Waals surface area contributed by atoms with Crippen LogP contribution >= 0.6 is 0 Å². The summed E-state index contributed by atoms with van der Waals surface area (Å²) in [6.45, 7) is 5.83. The Labute approximate surface area is 148 Å². The molecule has 6 heteroatoms. The minimum atomic E-state index is -3.77. The number of carbonyl (C=O) groups is 1. The van der Waals surface area contributed by atoms with Crippen molar-refractivity contribution in [2.24, 2.45) is 0 Å². The molecule has 0 amide bonds. The van der Waals surface area contributed by atoms with Gasteiger partial charge in [-0.25, -0.2) is 13.2 Å². The van der Waals surface area contributed by atoms with Gasteiger partial charge < -0.3 is 4.74 Å². The fourth-order valence-corrected chi connectivity index (χ4v) is 5.10. The average molecular weight is 359 g/mol. The molecule has 0 bridgehead atoms. The summed E-state index contributed by atoms with van der Waals surface area (Å²) in [5.74, 6) is -0.581. The molecule has 1 aliphatic heterocycles. The van der Waals surface area contributed by atoms with E-state index in [4.69, 9.17) is 4.74 Å². The number of rotatable bonds is 4. The number of aryl methyl sites for hydroxylation is 2. The molecule has 2 aromatic rings. The third-order valence-electron chi connectivity index (χ3n) is 4.32. The van der Waals surface area contributed by atoms with Crippen LogP contribution in [0.25, 0.3) is 0 Å². The van der Waals surface area contributed by atoms with Crippen molar-refractivity contribution in [1.29, 1.82) is 0 Å². The summed E-state index contributed by atoms with van der Waals surface area (Å²) in [5, 5.41) is 0. The van der Waals surface area contributed by atoms with Crippen LogP contribution < -0.4 is 4.72 Å². The molecular formula is C19H21NO4S. The van der Waals surface area contributed by atoms with E-state index in [0.29, 0.717) is 5.56 Å². The summed E-state index contributed by atoms with van der Waals surface area (Å²) in [5.41, 5.74) is 2.00. The van der Waals surface area contributed by atoms with Crippen molar-refractivity contribution in [2.75, 3.05) is 6.61 Å². The van der Waals surface area contributed by atoms with Crippen LogP contribution in [-0.2, 0) is 31.5 Å². The zero-order valence-corrected chi connectivity index (χ0v) is 15.3. The molecule has 0 radical (unpaired) electrons. The van der Waals surface area contributed by atoms with E-state index >= 15 is 0 Å². The number of esters is 1. The van der Waals surface area contributed by atoms with Crippen molar-refractivity contribution >= 4 is 16.0 Å². The van der Waals surface area contributed by atoms with Gasteiger partial charge >= 0.3 is 5.97 Å².